The average Bonchev–Trinajstić information content (AvgIpc) is 2.50. The topological polar surface area (TPSA) is 27.0 Å². The summed E-state index contributed by atoms with van der Waals surface area (Å²) in [5.41, 5.74) is 0. The number of rotatable bonds is 0. The van der Waals surface area contributed by atoms with E-state index in [4.69, 9.17) is 5.26 Å². The van der Waals surface area contributed by atoms with Gasteiger partial charge in [0.1, 0.15) is 0 Å². The Morgan fingerprint density at radius 3 is 2.82 bits per heavy atom. The van der Waals surface area contributed by atoms with E-state index in [2.05, 4.69) is 11.0 Å². The number of nitriles is 1. The molecule has 60 valence electrons. The minimum Gasteiger partial charge on any atom is -0.285 e. The lowest BCUT2D eigenvalue weighted by atomic mass is 9.97. The molecule has 2 rings (SSSR count). The van der Waals surface area contributed by atoms with Crippen LogP contribution in [0.4, 0.5) is 0 Å². The molecule has 2 atom stereocenters. The molecule has 0 unspecified atom stereocenters. The molecule has 0 aromatic carbocycles. The maximum atomic E-state index is 8.85. The summed E-state index contributed by atoms with van der Waals surface area (Å²) in [6.45, 7) is 1.17. The lowest BCUT2D eigenvalue weighted by Gasteiger charge is -2.33. The van der Waals surface area contributed by atoms with Crippen LogP contribution in [0.15, 0.2) is 0 Å². The molecule has 0 aromatic heterocycles. The summed E-state index contributed by atoms with van der Waals surface area (Å²) in [5.74, 6) is 0. The molecule has 11 heavy (non-hydrogen) atoms. The van der Waals surface area contributed by atoms with Crippen LogP contribution in [0.5, 0.6) is 0 Å². The Labute approximate surface area is 67.8 Å². The van der Waals surface area contributed by atoms with Gasteiger partial charge in [-0.1, -0.05) is 0 Å². The Hall–Kier alpha value is -0.550. The lowest BCUT2D eigenvalue weighted by Crippen LogP contribution is -2.41. The Kier molecular flexibility index (Phi) is 1.83. The molecule has 2 aliphatic rings. The molecular weight excluding hydrogens is 136 g/mol. The first-order chi connectivity index (χ1) is 5.42. The van der Waals surface area contributed by atoms with Crippen molar-refractivity contribution in [1.82, 2.24) is 4.90 Å². The lowest BCUT2D eigenvalue weighted by molar-refractivity contribution is 0.157. The smallest absolute Gasteiger partial charge is 0.0980 e. The van der Waals surface area contributed by atoms with Crippen molar-refractivity contribution in [2.75, 3.05) is 6.54 Å². The normalized spacial score (nSPS) is 38.1. The second-order valence-electron chi connectivity index (χ2n) is 3.61. The predicted molar refractivity (Wildman–Crippen MR) is 43.0 cm³/mol. The molecule has 0 radical (unpaired) electrons. The van der Waals surface area contributed by atoms with Crippen LogP contribution in [0.25, 0.3) is 0 Å². The van der Waals surface area contributed by atoms with Crippen molar-refractivity contribution in [2.45, 2.75) is 44.2 Å². The summed E-state index contributed by atoms with van der Waals surface area (Å²) in [4.78, 5) is 2.41. The quantitative estimate of drug-likeness (QED) is 0.523. The summed E-state index contributed by atoms with van der Waals surface area (Å²) in [7, 11) is 0. The van der Waals surface area contributed by atoms with Crippen molar-refractivity contribution in [3.8, 4) is 6.07 Å². The van der Waals surface area contributed by atoms with Gasteiger partial charge >= 0.3 is 0 Å². The van der Waals surface area contributed by atoms with Crippen LogP contribution in [0.1, 0.15) is 32.1 Å². The fourth-order valence-electron chi connectivity index (χ4n) is 2.43. The van der Waals surface area contributed by atoms with Gasteiger partial charge in [-0.2, -0.15) is 5.26 Å². The maximum Gasteiger partial charge on any atom is 0.0980 e. The summed E-state index contributed by atoms with van der Waals surface area (Å²) in [5, 5.41) is 8.85. The fraction of sp³-hybridized carbons (Fsp3) is 0.889. The van der Waals surface area contributed by atoms with Gasteiger partial charge in [-0.25, -0.2) is 0 Å². The Bertz CT molecular complexity index is 182. The summed E-state index contributed by atoms with van der Waals surface area (Å²) in [6, 6.07) is 3.41. The second-order valence-corrected chi connectivity index (χ2v) is 3.61. The molecular formula is C9H14N2. The largest absolute Gasteiger partial charge is 0.285 e. The SMILES string of the molecule is N#C[C@@H]1CCC[C@@H]2CCCN21. The van der Waals surface area contributed by atoms with Crippen molar-refractivity contribution >= 4 is 0 Å². The zero-order chi connectivity index (χ0) is 7.68. The van der Waals surface area contributed by atoms with E-state index in [0.29, 0.717) is 0 Å². The molecule has 0 spiro atoms. The fourth-order valence-corrected chi connectivity index (χ4v) is 2.43. The van der Waals surface area contributed by atoms with E-state index >= 15 is 0 Å². The molecule has 0 aliphatic carbocycles. The zero-order valence-electron chi connectivity index (χ0n) is 6.79. The van der Waals surface area contributed by atoms with E-state index in [1.165, 1.54) is 32.2 Å². The van der Waals surface area contributed by atoms with Gasteiger partial charge in [-0.05, 0) is 38.6 Å². The molecule has 0 aromatic rings. The number of fused-ring (bicyclic) bond motifs is 1. The molecule has 2 fully saturated rings. The average molecular weight is 150 g/mol. The number of piperidine rings is 1. The highest BCUT2D eigenvalue weighted by molar-refractivity contribution is 4.99. The van der Waals surface area contributed by atoms with Gasteiger partial charge in [0.25, 0.3) is 0 Å². The van der Waals surface area contributed by atoms with E-state index in [1.807, 2.05) is 0 Å². The van der Waals surface area contributed by atoms with Crippen molar-refractivity contribution < 1.29 is 0 Å². The molecule has 2 saturated heterocycles. The molecule has 0 amide bonds. The van der Waals surface area contributed by atoms with Crippen LogP contribution in [0.3, 0.4) is 0 Å². The van der Waals surface area contributed by atoms with Gasteiger partial charge in [0.15, 0.2) is 0 Å². The van der Waals surface area contributed by atoms with Crippen LogP contribution in [-0.4, -0.2) is 23.5 Å². The Morgan fingerprint density at radius 2 is 2.00 bits per heavy atom. The standard InChI is InChI=1S/C9H14N2/c10-7-9-4-1-3-8-5-2-6-11(8)9/h8-9H,1-6H2/t8-,9+/m1/s1. The maximum absolute atomic E-state index is 8.85. The monoisotopic (exact) mass is 150 g/mol. The van der Waals surface area contributed by atoms with Crippen LogP contribution >= 0.6 is 0 Å². The highest BCUT2D eigenvalue weighted by Gasteiger charge is 2.33. The van der Waals surface area contributed by atoms with Gasteiger partial charge < -0.3 is 0 Å². The number of nitrogens with zero attached hydrogens (tertiary/aromatic N) is 2. The van der Waals surface area contributed by atoms with Crippen LogP contribution < -0.4 is 0 Å². The minimum absolute atomic E-state index is 0.247. The predicted octanol–water partition coefficient (Wildman–Crippen LogP) is 1.53. The first kappa shape index (κ1) is 7.12. The first-order valence-electron chi connectivity index (χ1n) is 4.57. The van der Waals surface area contributed by atoms with Gasteiger partial charge in [-0.15, -0.1) is 0 Å². The van der Waals surface area contributed by atoms with Gasteiger partial charge in [0.05, 0.1) is 12.1 Å². The van der Waals surface area contributed by atoms with E-state index in [-0.39, 0.29) is 6.04 Å². The van der Waals surface area contributed by atoms with Crippen molar-refractivity contribution in [3.63, 3.8) is 0 Å². The third kappa shape index (κ3) is 1.14. The Balaban J connectivity index is 2.08. The zero-order valence-corrected chi connectivity index (χ0v) is 6.79. The highest BCUT2D eigenvalue weighted by atomic mass is 15.2. The van der Waals surface area contributed by atoms with Gasteiger partial charge in [0, 0.05) is 6.04 Å². The molecule has 2 heterocycles. The van der Waals surface area contributed by atoms with Crippen molar-refractivity contribution in [2.24, 2.45) is 0 Å². The summed E-state index contributed by atoms with van der Waals surface area (Å²) in [6.07, 6.45) is 6.34. The van der Waals surface area contributed by atoms with Crippen LogP contribution in [-0.2, 0) is 0 Å². The highest BCUT2D eigenvalue weighted by Crippen LogP contribution is 2.30. The number of hydrogen-bond donors (Lipinski definition) is 0. The molecule has 0 N–H and O–H groups in total. The van der Waals surface area contributed by atoms with E-state index in [1.54, 1.807) is 0 Å². The second kappa shape index (κ2) is 2.83. The molecule has 2 aliphatic heterocycles. The van der Waals surface area contributed by atoms with E-state index < -0.39 is 0 Å². The van der Waals surface area contributed by atoms with Crippen LogP contribution in [0.2, 0.25) is 0 Å². The molecule has 2 nitrogen and oxygen atoms in total. The first-order valence-corrected chi connectivity index (χ1v) is 4.57. The van der Waals surface area contributed by atoms with E-state index in [9.17, 15) is 0 Å². The Morgan fingerprint density at radius 1 is 1.18 bits per heavy atom. The minimum atomic E-state index is 0.247. The van der Waals surface area contributed by atoms with Gasteiger partial charge in [0.2, 0.25) is 0 Å². The van der Waals surface area contributed by atoms with Crippen LogP contribution in [0, 0.1) is 11.3 Å². The third-order valence-corrected chi connectivity index (χ3v) is 2.99. The number of hydrogen-bond acceptors (Lipinski definition) is 2. The summed E-state index contributed by atoms with van der Waals surface area (Å²) >= 11 is 0. The van der Waals surface area contributed by atoms with Gasteiger partial charge in [-0.3, -0.25) is 4.90 Å². The molecule has 0 saturated carbocycles. The van der Waals surface area contributed by atoms with E-state index in [0.717, 1.165) is 12.5 Å². The molecule has 2 heteroatoms. The molecule has 0 bridgehead atoms. The van der Waals surface area contributed by atoms with Crippen molar-refractivity contribution in [1.29, 1.82) is 5.26 Å². The van der Waals surface area contributed by atoms with Crippen molar-refractivity contribution in [3.05, 3.63) is 0 Å². The summed E-state index contributed by atoms with van der Waals surface area (Å²) < 4.78 is 0. The third-order valence-electron chi connectivity index (χ3n) is 2.99.